The maximum absolute atomic E-state index is 14.2. The summed E-state index contributed by atoms with van der Waals surface area (Å²) in [7, 11) is -6.73. The molecule has 4 rings (SSSR count). The highest BCUT2D eigenvalue weighted by atomic mass is 32.2. The molecule has 0 aliphatic rings. The molecular weight excluding hydrogens is 569 g/mol. The van der Waals surface area contributed by atoms with Crippen LogP contribution in [-0.2, 0) is 16.2 Å². The minimum Gasteiger partial charge on any atom is -0.384 e. The van der Waals surface area contributed by atoms with Crippen LogP contribution in [0.3, 0.4) is 0 Å². The topological polar surface area (TPSA) is 97.1 Å². The first kappa shape index (κ1) is 30.7. The molecule has 1 atom stereocenters. The molecule has 0 spiro atoms. The van der Waals surface area contributed by atoms with E-state index < -0.39 is 46.6 Å². The number of pyridine rings is 2. The largest absolute Gasteiger partial charge is 0.416 e. The maximum Gasteiger partial charge on any atom is 0.416 e. The molecule has 3 heterocycles. The number of hydrogen-bond donors (Lipinski definition) is 2. The second-order valence-electron chi connectivity index (χ2n) is 11.2. The number of halogens is 3. The summed E-state index contributed by atoms with van der Waals surface area (Å²) in [5, 5.41) is 12.2. The van der Waals surface area contributed by atoms with Crippen molar-refractivity contribution in [2.45, 2.75) is 75.3 Å². The molecule has 0 aliphatic carbocycles. The van der Waals surface area contributed by atoms with Gasteiger partial charge >= 0.3 is 6.18 Å². The van der Waals surface area contributed by atoms with Gasteiger partial charge in [0.1, 0.15) is 17.6 Å². The van der Waals surface area contributed by atoms with Gasteiger partial charge < -0.3 is 9.34 Å². The van der Waals surface area contributed by atoms with E-state index >= 15 is 0 Å². The van der Waals surface area contributed by atoms with E-state index in [1.807, 2.05) is 0 Å². The highest BCUT2D eigenvalue weighted by molar-refractivity contribution is 7.92. The van der Waals surface area contributed by atoms with Gasteiger partial charge in [-0.25, -0.2) is 18.4 Å². The Morgan fingerprint density at radius 3 is 2.07 bits per heavy atom. The van der Waals surface area contributed by atoms with Gasteiger partial charge in [-0.05, 0) is 64.7 Å². The molecule has 0 saturated heterocycles. The van der Waals surface area contributed by atoms with E-state index in [0.717, 1.165) is 12.1 Å². The van der Waals surface area contributed by atoms with Gasteiger partial charge in [0.05, 0.1) is 10.5 Å². The molecule has 2 N–H and O–H groups in total. The Hall–Kier alpha value is -3.22. The van der Waals surface area contributed by atoms with Crippen LogP contribution in [-0.4, -0.2) is 36.0 Å². The predicted octanol–water partition coefficient (Wildman–Crippen LogP) is 7.36. The second-order valence-corrected chi connectivity index (χ2v) is 18.6. The minimum absolute atomic E-state index is 0.0148. The molecular formula is C29H35F3N4O3SSi. The summed E-state index contributed by atoms with van der Waals surface area (Å²) >= 11 is 0. The first-order chi connectivity index (χ1) is 19.1. The predicted molar refractivity (Wildman–Crippen MR) is 157 cm³/mol. The van der Waals surface area contributed by atoms with Gasteiger partial charge in [-0.15, -0.1) is 0 Å². The number of hydrogen-bond acceptors (Lipinski definition) is 5. The fraction of sp³-hybridized carbons (Fsp3) is 0.379. The zero-order valence-corrected chi connectivity index (χ0v) is 25.6. The third-order valence-electron chi connectivity index (χ3n) is 7.92. The molecule has 3 aromatic heterocycles. The summed E-state index contributed by atoms with van der Waals surface area (Å²) in [4.78, 5) is 8.12. The Labute approximate surface area is 239 Å². The fourth-order valence-corrected chi connectivity index (χ4v) is 14.0. The van der Waals surface area contributed by atoms with Gasteiger partial charge in [0.15, 0.2) is 8.24 Å². The van der Waals surface area contributed by atoms with Gasteiger partial charge in [0.25, 0.3) is 10.0 Å². The normalized spacial score (nSPS) is 13.9. The van der Waals surface area contributed by atoms with Gasteiger partial charge in [-0.3, -0.25) is 4.72 Å². The van der Waals surface area contributed by atoms with Gasteiger partial charge in [-0.1, -0.05) is 47.6 Å². The summed E-state index contributed by atoms with van der Waals surface area (Å²) in [5.41, 5.74) is -0.0871. The molecule has 1 unspecified atom stereocenters. The Kier molecular flexibility index (Phi) is 8.41. The lowest BCUT2D eigenvalue weighted by molar-refractivity contribution is -0.139. The SMILES string of the molecule is CC(C)[Si](C(C)C)(C(C)C)n1cc(C(O)c2cc(S(=O)(=O)Nc3ccccn3)ccc2C(F)(F)F)c2cccnc21. The van der Waals surface area contributed by atoms with Gasteiger partial charge in [0, 0.05) is 29.5 Å². The standard InChI is InChI=1S/C29H35F3N4O3SSi/c1-18(2)41(19(3)4,20(5)6)36-17-24(22-10-9-15-34-28(22)36)27(37)23-16-21(12-13-25(23)29(30,31)32)40(38,39)35-26-11-7-8-14-33-26/h7-20,27,37H,1-6H3,(H,33,35). The van der Waals surface area contributed by atoms with E-state index in [-0.39, 0.29) is 28.0 Å². The molecule has 0 saturated carbocycles. The average molecular weight is 605 g/mol. The van der Waals surface area contributed by atoms with Crippen molar-refractivity contribution < 1.29 is 26.7 Å². The van der Waals surface area contributed by atoms with Crippen LogP contribution in [0.2, 0.25) is 16.6 Å². The molecule has 0 amide bonds. The number of nitrogens with one attached hydrogen (secondary N) is 1. The van der Waals surface area contributed by atoms with Crippen molar-refractivity contribution in [1.82, 2.24) is 14.2 Å². The van der Waals surface area contributed by atoms with Gasteiger partial charge in [0.2, 0.25) is 0 Å². The van der Waals surface area contributed by atoms with E-state index in [2.05, 4.69) is 60.5 Å². The van der Waals surface area contributed by atoms with Crippen molar-refractivity contribution in [1.29, 1.82) is 0 Å². The van der Waals surface area contributed by atoms with Crippen LogP contribution < -0.4 is 4.72 Å². The van der Waals surface area contributed by atoms with Crippen LogP contribution in [0, 0.1) is 0 Å². The molecule has 0 radical (unpaired) electrons. The lowest BCUT2D eigenvalue weighted by Crippen LogP contribution is -2.51. The molecule has 12 heteroatoms. The number of aliphatic hydroxyl groups is 1. The molecule has 4 aromatic rings. The van der Waals surface area contributed by atoms with Crippen LogP contribution >= 0.6 is 0 Å². The first-order valence-electron chi connectivity index (χ1n) is 13.4. The molecule has 0 fully saturated rings. The molecule has 7 nitrogen and oxygen atoms in total. The molecule has 1 aromatic carbocycles. The number of benzene rings is 1. The van der Waals surface area contributed by atoms with Crippen molar-refractivity contribution in [2.75, 3.05) is 4.72 Å². The van der Waals surface area contributed by atoms with Crippen molar-refractivity contribution >= 4 is 35.1 Å². The zero-order valence-electron chi connectivity index (χ0n) is 23.8. The van der Waals surface area contributed by atoms with Gasteiger partial charge in [-0.2, -0.15) is 13.2 Å². The Morgan fingerprint density at radius 1 is 0.878 bits per heavy atom. The number of anilines is 1. The van der Waals surface area contributed by atoms with Crippen molar-refractivity contribution in [3.8, 4) is 0 Å². The van der Waals surface area contributed by atoms with Crippen LogP contribution in [0.5, 0.6) is 0 Å². The third kappa shape index (κ3) is 5.52. The Balaban J connectivity index is 1.95. The van der Waals surface area contributed by atoms with Crippen LogP contribution in [0.25, 0.3) is 11.0 Å². The molecule has 0 bridgehead atoms. The van der Waals surface area contributed by atoms with E-state index in [1.165, 1.54) is 12.3 Å². The maximum atomic E-state index is 14.2. The van der Waals surface area contributed by atoms with Crippen molar-refractivity contribution in [3.63, 3.8) is 0 Å². The van der Waals surface area contributed by atoms with Crippen molar-refractivity contribution in [2.24, 2.45) is 0 Å². The summed E-state index contributed by atoms with van der Waals surface area (Å²) in [6, 6.07) is 10.5. The monoisotopic (exact) mass is 604 g/mol. The fourth-order valence-electron chi connectivity index (χ4n) is 6.41. The summed E-state index contributed by atoms with van der Waals surface area (Å²) < 4.78 is 73.3. The first-order valence-corrected chi connectivity index (χ1v) is 17.1. The van der Waals surface area contributed by atoms with Crippen LogP contribution in [0.15, 0.2) is 72.0 Å². The highest BCUT2D eigenvalue weighted by Crippen LogP contribution is 2.46. The number of aliphatic hydroxyl groups excluding tert-OH is 1. The smallest absolute Gasteiger partial charge is 0.384 e. The Morgan fingerprint density at radius 2 is 1.51 bits per heavy atom. The number of aromatic nitrogens is 3. The lowest BCUT2D eigenvalue weighted by Gasteiger charge is -2.44. The number of fused-ring (bicyclic) bond motifs is 1. The van der Waals surface area contributed by atoms with E-state index in [1.54, 1.807) is 36.7 Å². The number of alkyl halides is 3. The molecule has 0 aliphatic heterocycles. The minimum atomic E-state index is -4.84. The highest BCUT2D eigenvalue weighted by Gasteiger charge is 2.47. The second kappa shape index (κ2) is 11.2. The molecule has 220 valence electrons. The Bertz CT molecular complexity index is 1620. The van der Waals surface area contributed by atoms with E-state index in [0.29, 0.717) is 17.1 Å². The summed E-state index contributed by atoms with van der Waals surface area (Å²) in [6.07, 6.45) is -1.86. The summed E-state index contributed by atoms with van der Waals surface area (Å²) in [5.74, 6) is 0.0148. The van der Waals surface area contributed by atoms with Crippen LogP contribution in [0.1, 0.15) is 64.3 Å². The van der Waals surface area contributed by atoms with E-state index in [9.17, 15) is 26.7 Å². The average Bonchev–Trinajstić information content (AvgIpc) is 3.27. The number of sulfonamides is 1. The number of nitrogens with zero attached hydrogens (tertiary/aromatic N) is 3. The lowest BCUT2D eigenvalue weighted by atomic mass is 9.96. The molecule has 41 heavy (non-hydrogen) atoms. The van der Waals surface area contributed by atoms with Crippen LogP contribution in [0.4, 0.5) is 19.0 Å². The van der Waals surface area contributed by atoms with E-state index in [4.69, 9.17) is 0 Å². The quantitative estimate of drug-likeness (QED) is 0.195. The third-order valence-corrected chi connectivity index (χ3v) is 16.0. The number of rotatable bonds is 9. The zero-order chi connectivity index (χ0) is 30.3. The summed E-state index contributed by atoms with van der Waals surface area (Å²) in [6.45, 7) is 12.9. The van der Waals surface area contributed by atoms with Crippen molar-refractivity contribution in [3.05, 3.63) is 83.8 Å².